The Labute approximate surface area is 132 Å². The minimum atomic E-state index is -0.493. The topological polar surface area (TPSA) is 80.5 Å². The quantitative estimate of drug-likeness (QED) is 0.811. The number of hydrogen-bond donors (Lipinski definition) is 1. The lowest BCUT2D eigenvalue weighted by atomic mass is 10.1. The van der Waals surface area contributed by atoms with Gasteiger partial charge in [-0.05, 0) is 41.5 Å². The molecule has 0 fully saturated rings. The molecule has 1 aromatic heterocycles. The fourth-order valence-electron chi connectivity index (χ4n) is 1.84. The van der Waals surface area contributed by atoms with Crippen LogP contribution >= 0.6 is 0 Å². The van der Waals surface area contributed by atoms with Crippen molar-refractivity contribution < 1.29 is 14.1 Å². The molecule has 7 heteroatoms. The van der Waals surface area contributed by atoms with Crippen LogP contribution in [0.2, 0.25) is 0 Å². The van der Waals surface area contributed by atoms with E-state index in [0.717, 1.165) is 6.54 Å². The second-order valence-corrected chi connectivity index (χ2v) is 7.15. The van der Waals surface area contributed by atoms with E-state index >= 15 is 0 Å². The van der Waals surface area contributed by atoms with Crippen molar-refractivity contribution in [3.63, 3.8) is 0 Å². The van der Waals surface area contributed by atoms with E-state index in [2.05, 4.69) is 20.0 Å². The number of aromatic nitrogens is 2. The molecule has 0 atom stereocenters. The molecule has 0 unspecified atom stereocenters. The van der Waals surface area contributed by atoms with E-state index in [4.69, 9.17) is 4.74 Å². The van der Waals surface area contributed by atoms with E-state index in [1.54, 1.807) is 4.90 Å². The molecule has 1 rings (SSSR count). The Morgan fingerprint density at radius 1 is 1.27 bits per heavy atom. The molecule has 126 valence electrons. The maximum absolute atomic E-state index is 12.3. The van der Waals surface area contributed by atoms with Gasteiger partial charge in [0, 0.05) is 31.6 Å². The molecule has 0 saturated carbocycles. The Balaban J connectivity index is 2.40. The molecule has 1 amide bonds. The molecule has 1 N–H and O–H groups in total. The molecule has 0 radical (unpaired) electrons. The van der Waals surface area contributed by atoms with Gasteiger partial charge in [0.1, 0.15) is 5.60 Å². The number of carbonyl (C=O) groups is 1. The third kappa shape index (κ3) is 6.89. The van der Waals surface area contributed by atoms with E-state index < -0.39 is 5.60 Å². The summed E-state index contributed by atoms with van der Waals surface area (Å²) in [6, 6.07) is 0. The van der Waals surface area contributed by atoms with Gasteiger partial charge in [-0.15, -0.1) is 0 Å². The van der Waals surface area contributed by atoms with Crippen LogP contribution in [0.5, 0.6) is 0 Å². The summed E-state index contributed by atoms with van der Waals surface area (Å²) in [5.74, 6) is 0.673. The van der Waals surface area contributed by atoms with Crippen molar-refractivity contribution in [3.05, 3.63) is 12.2 Å². The summed E-state index contributed by atoms with van der Waals surface area (Å²) in [4.78, 5) is 18.0. The molecule has 7 nitrogen and oxygen atoms in total. The van der Waals surface area contributed by atoms with Crippen molar-refractivity contribution in [1.29, 1.82) is 0 Å². The summed E-state index contributed by atoms with van der Waals surface area (Å²) in [5.41, 5.74) is -0.787. The van der Waals surface area contributed by atoms with Crippen LogP contribution < -0.4 is 5.32 Å². The van der Waals surface area contributed by atoms with E-state index in [-0.39, 0.29) is 11.6 Å². The Hall–Kier alpha value is -1.63. The fraction of sp³-hybridized carbons (Fsp3) is 0.800. The molecule has 0 aromatic carbocycles. The molecular formula is C15H28N4O3. The zero-order valence-corrected chi connectivity index (χ0v) is 14.5. The van der Waals surface area contributed by atoms with Gasteiger partial charge in [-0.2, -0.15) is 4.98 Å². The fourth-order valence-corrected chi connectivity index (χ4v) is 1.84. The first-order valence-electron chi connectivity index (χ1n) is 7.56. The van der Waals surface area contributed by atoms with Crippen molar-refractivity contribution >= 4 is 6.09 Å². The van der Waals surface area contributed by atoms with Gasteiger partial charge in [0.05, 0.1) is 0 Å². The van der Waals surface area contributed by atoms with Crippen LogP contribution in [-0.2, 0) is 11.2 Å². The average Bonchev–Trinajstić information content (AvgIpc) is 2.82. The van der Waals surface area contributed by atoms with Crippen molar-refractivity contribution in [3.8, 4) is 0 Å². The van der Waals surface area contributed by atoms with Gasteiger partial charge in [-0.25, -0.2) is 4.79 Å². The van der Waals surface area contributed by atoms with Gasteiger partial charge in [-0.1, -0.05) is 5.16 Å². The number of amides is 1. The van der Waals surface area contributed by atoms with Crippen LogP contribution in [0.1, 0.15) is 47.4 Å². The molecule has 0 aliphatic rings. The van der Waals surface area contributed by atoms with Crippen molar-refractivity contribution in [2.75, 3.05) is 19.6 Å². The highest BCUT2D eigenvalue weighted by Crippen LogP contribution is 2.17. The SMILES string of the molecule is CC(C)(C)OC(=O)N(CCNCCc1ncon1)C(C)(C)C. The number of ether oxygens (including phenoxy) is 1. The first-order chi connectivity index (χ1) is 10.1. The Bertz CT molecular complexity index is 446. The minimum Gasteiger partial charge on any atom is -0.444 e. The number of hydrogen-bond acceptors (Lipinski definition) is 6. The molecule has 0 aliphatic heterocycles. The minimum absolute atomic E-state index is 0.292. The third-order valence-electron chi connectivity index (χ3n) is 2.87. The number of nitrogens with zero attached hydrogens (tertiary/aromatic N) is 3. The summed E-state index contributed by atoms with van der Waals surface area (Å²) in [7, 11) is 0. The van der Waals surface area contributed by atoms with Crippen LogP contribution in [0.15, 0.2) is 10.9 Å². The zero-order valence-electron chi connectivity index (χ0n) is 14.5. The maximum Gasteiger partial charge on any atom is 0.410 e. The first kappa shape index (κ1) is 18.4. The maximum atomic E-state index is 12.3. The van der Waals surface area contributed by atoms with Gasteiger partial charge < -0.3 is 19.5 Å². The zero-order chi connectivity index (χ0) is 16.8. The number of carbonyl (C=O) groups excluding carboxylic acids is 1. The number of rotatable bonds is 6. The predicted octanol–water partition coefficient (Wildman–Crippen LogP) is 2.24. The van der Waals surface area contributed by atoms with Crippen LogP contribution in [0.25, 0.3) is 0 Å². The van der Waals surface area contributed by atoms with Crippen molar-refractivity contribution in [1.82, 2.24) is 20.4 Å². The Morgan fingerprint density at radius 3 is 2.45 bits per heavy atom. The van der Waals surface area contributed by atoms with Gasteiger partial charge in [-0.3, -0.25) is 0 Å². The van der Waals surface area contributed by atoms with Crippen LogP contribution in [0.4, 0.5) is 4.79 Å². The highest BCUT2D eigenvalue weighted by atomic mass is 16.6. The van der Waals surface area contributed by atoms with E-state index in [1.807, 2.05) is 41.5 Å². The molecule has 1 heterocycles. The molecule has 22 heavy (non-hydrogen) atoms. The Kier molecular flexibility index (Phi) is 6.34. The van der Waals surface area contributed by atoms with Crippen molar-refractivity contribution in [2.24, 2.45) is 0 Å². The largest absolute Gasteiger partial charge is 0.444 e. The van der Waals surface area contributed by atoms with E-state index in [0.29, 0.717) is 25.3 Å². The lowest BCUT2D eigenvalue weighted by molar-refractivity contribution is 0.00666. The summed E-state index contributed by atoms with van der Waals surface area (Å²) >= 11 is 0. The summed E-state index contributed by atoms with van der Waals surface area (Å²) in [6.45, 7) is 13.6. The number of nitrogens with one attached hydrogen (secondary N) is 1. The first-order valence-corrected chi connectivity index (χ1v) is 7.56. The molecule has 0 spiro atoms. The normalized spacial score (nSPS) is 12.3. The van der Waals surface area contributed by atoms with Gasteiger partial charge in [0.25, 0.3) is 0 Å². The monoisotopic (exact) mass is 312 g/mol. The third-order valence-corrected chi connectivity index (χ3v) is 2.87. The molecule has 0 bridgehead atoms. The summed E-state index contributed by atoms with van der Waals surface area (Å²) in [5, 5.41) is 7.02. The van der Waals surface area contributed by atoms with Gasteiger partial charge in [0.2, 0.25) is 6.39 Å². The molecule has 1 aromatic rings. The summed E-state index contributed by atoms with van der Waals surface area (Å²) in [6.07, 6.45) is 1.72. The van der Waals surface area contributed by atoms with Gasteiger partial charge >= 0.3 is 6.09 Å². The smallest absolute Gasteiger partial charge is 0.410 e. The molecule has 0 saturated heterocycles. The van der Waals surface area contributed by atoms with Crippen molar-refractivity contribution in [2.45, 2.75) is 59.1 Å². The molecule has 0 aliphatic carbocycles. The van der Waals surface area contributed by atoms with Crippen LogP contribution in [-0.4, -0.2) is 51.9 Å². The van der Waals surface area contributed by atoms with Crippen LogP contribution in [0.3, 0.4) is 0 Å². The van der Waals surface area contributed by atoms with E-state index in [1.165, 1.54) is 6.39 Å². The predicted molar refractivity (Wildman–Crippen MR) is 83.6 cm³/mol. The van der Waals surface area contributed by atoms with E-state index in [9.17, 15) is 4.79 Å². The Morgan fingerprint density at radius 2 is 1.95 bits per heavy atom. The van der Waals surface area contributed by atoms with Crippen LogP contribution in [0, 0.1) is 0 Å². The standard InChI is InChI=1S/C15H28N4O3/c1-14(2,3)19(13(20)22-15(4,5)6)10-9-16-8-7-12-17-11-21-18-12/h11,16H,7-10H2,1-6H3. The highest BCUT2D eigenvalue weighted by Gasteiger charge is 2.30. The van der Waals surface area contributed by atoms with Gasteiger partial charge in [0.15, 0.2) is 5.82 Å². The second-order valence-electron chi connectivity index (χ2n) is 7.15. The summed E-state index contributed by atoms with van der Waals surface area (Å²) < 4.78 is 10.1. The second kappa shape index (κ2) is 7.58. The highest BCUT2D eigenvalue weighted by molar-refractivity contribution is 5.69. The lowest BCUT2D eigenvalue weighted by Crippen LogP contribution is -2.50. The molecular weight excluding hydrogens is 284 g/mol. The lowest BCUT2D eigenvalue weighted by Gasteiger charge is -2.36. The average molecular weight is 312 g/mol.